The van der Waals surface area contributed by atoms with Gasteiger partial charge in [0.25, 0.3) is 0 Å². The summed E-state index contributed by atoms with van der Waals surface area (Å²) in [5, 5.41) is 0. The Kier molecular flexibility index (Phi) is 4.88. The summed E-state index contributed by atoms with van der Waals surface area (Å²) < 4.78 is 42.8. The molecule has 0 saturated carbocycles. The highest BCUT2D eigenvalue weighted by molar-refractivity contribution is 5.98. The molecule has 0 aliphatic carbocycles. The van der Waals surface area contributed by atoms with Crippen molar-refractivity contribution >= 4 is 5.78 Å². The van der Waals surface area contributed by atoms with Gasteiger partial charge in [-0.15, -0.1) is 0 Å². The van der Waals surface area contributed by atoms with Gasteiger partial charge in [-0.25, -0.2) is 0 Å². The van der Waals surface area contributed by atoms with Crippen LogP contribution in [0.15, 0.2) is 18.2 Å². The van der Waals surface area contributed by atoms with E-state index < -0.39 is 12.7 Å². The first-order valence-corrected chi connectivity index (χ1v) is 6.97. The molecule has 0 radical (unpaired) electrons. The lowest BCUT2D eigenvalue weighted by Gasteiger charge is -2.22. The monoisotopic (exact) mass is 301 g/mol. The summed E-state index contributed by atoms with van der Waals surface area (Å²) in [4.78, 5) is 13.3. The predicted molar refractivity (Wildman–Crippen MR) is 72.8 cm³/mol. The summed E-state index contributed by atoms with van der Waals surface area (Å²) in [6.45, 7) is 1.36. The number of Topliss-reactive ketones (excluding diaryl/α,β-unsaturated/α-hetero) is 1. The summed E-state index contributed by atoms with van der Waals surface area (Å²) in [6.07, 6.45) is -2.99. The second-order valence-corrected chi connectivity index (χ2v) is 5.17. The molecule has 0 aromatic heterocycles. The van der Waals surface area contributed by atoms with Crippen LogP contribution in [0.2, 0.25) is 0 Å². The molecule has 1 aliphatic heterocycles. The molecule has 2 rings (SSSR count). The fourth-order valence-corrected chi connectivity index (χ4v) is 2.44. The normalized spacial score (nSPS) is 14.1. The van der Waals surface area contributed by atoms with Crippen molar-refractivity contribution in [1.29, 1.82) is 0 Å². The van der Waals surface area contributed by atoms with Crippen LogP contribution in [-0.2, 0) is 6.42 Å². The number of hydrogen-bond donors (Lipinski definition) is 0. The number of hydrogen-bond acceptors (Lipinski definition) is 3. The molecular weight excluding hydrogens is 283 g/mol. The number of benzene rings is 1. The minimum atomic E-state index is -4.29. The van der Waals surface area contributed by atoms with E-state index in [1.807, 2.05) is 0 Å². The van der Waals surface area contributed by atoms with Crippen molar-refractivity contribution in [2.45, 2.75) is 25.9 Å². The molecule has 1 heterocycles. The van der Waals surface area contributed by atoms with Gasteiger partial charge >= 0.3 is 6.18 Å². The van der Waals surface area contributed by atoms with Crippen LogP contribution in [0.1, 0.15) is 29.3 Å². The van der Waals surface area contributed by atoms with Gasteiger partial charge in [0.1, 0.15) is 5.75 Å². The van der Waals surface area contributed by atoms with Gasteiger partial charge < -0.3 is 4.74 Å². The van der Waals surface area contributed by atoms with Crippen LogP contribution in [0.25, 0.3) is 0 Å². The zero-order valence-corrected chi connectivity index (χ0v) is 11.9. The molecule has 1 aromatic rings. The van der Waals surface area contributed by atoms with Crippen LogP contribution < -0.4 is 4.74 Å². The summed E-state index contributed by atoms with van der Waals surface area (Å²) in [7, 11) is 0. The minimum Gasteiger partial charge on any atom is -0.493 e. The molecule has 0 amide bonds. The third-order valence-corrected chi connectivity index (χ3v) is 3.32. The Hall–Kier alpha value is -1.56. The Balaban J connectivity index is 2.04. The van der Waals surface area contributed by atoms with Crippen molar-refractivity contribution < 1.29 is 22.7 Å². The van der Waals surface area contributed by atoms with E-state index in [0.29, 0.717) is 18.6 Å². The fraction of sp³-hybridized carbons (Fsp3) is 0.533. The van der Waals surface area contributed by atoms with Gasteiger partial charge in [0, 0.05) is 12.0 Å². The Morgan fingerprint density at radius 2 is 2.14 bits per heavy atom. The average Bonchev–Trinajstić information content (AvgIpc) is 2.83. The molecule has 6 heteroatoms. The first kappa shape index (κ1) is 15.8. The van der Waals surface area contributed by atoms with Gasteiger partial charge in [-0.3, -0.25) is 9.69 Å². The number of halogens is 3. The molecular formula is C15H18F3NO2. The summed E-state index contributed by atoms with van der Waals surface area (Å²) in [6, 6.07) is 5.05. The van der Waals surface area contributed by atoms with Crippen LogP contribution >= 0.6 is 0 Å². The standard InChI is InChI=1S/C15H18F3NO2/c1-2-6-19(10-15(16,17)18)9-13(20)11-3-4-14-12(8-11)5-7-21-14/h3-4,8H,2,5-7,9-10H2,1H3. The Labute approximate surface area is 121 Å². The number of carbonyl (C=O) groups excluding carboxylic acids is 1. The number of nitrogens with zero attached hydrogens (tertiary/aromatic N) is 1. The highest BCUT2D eigenvalue weighted by Crippen LogP contribution is 2.26. The average molecular weight is 301 g/mol. The van der Waals surface area contributed by atoms with Gasteiger partial charge in [-0.05, 0) is 36.7 Å². The molecule has 0 fully saturated rings. The maximum absolute atomic E-state index is 12.5. The highest BCUT2D eigenvalue weighted by Gasteiger charge is 2.31. The number of carbonyl (C=O) groups is 1. The molecule has 0 N–H and O–H groups in total. The van der Waals surface area contributed by atoms with Crippen LogP contribution in [-0.4, -0.2) is 43.1 Å². The largest absolute Gasteiger partial charge is 0.493 e. The Bertz CT molecular complexity index is 514. The molecule has 0 atom stereocenters. The summed E-state index contributed by atoms with van der Waals surface area (Å²) in [5.41, 5.74) is 1.39. The van der Waals surface area contributed by atoms with Crippen molar-refractivity contribution in [3.63, 3.8) is 0 Å². The van der Waals surface area contributed by atoms with Crippen LogP contribution in [0.5, 0.6) is 5.75 Å². The highest BCUT2D eigenvalue weighted by atomic mass is 19.4. The SMILES string of the molecule is CCCN(CC(=O)c1ccc2c(c1)CCO2)CC(F)(F)F. The van der Waals surface area contributed by atoms with Crippen molar-refractivity contribution in [3.8, 4) is 5.75 Å². The molecule has 0 saturated heterocycles. The fourth-order valence-electron chi connectivity index (χ4n) is 2.44. The van der Waals surface area contributed by atoms with Crippen LogP contribution in [0.3, 0.4) is 0 Å². The van der Waals surface area contributed by atoms with Gasteiger partial charge in [-0.1, -0.05) is 6.92 Å². The van der Waals surface area contributed by atoms with E-state index in [2.05, 4.69) is 0 Å². The van der Waals surface area contributed by atoms with E-state index in [0.717, 1.165) is 22.6 Å². The number of rotatable bonds is 6. The topological polar surface area (TPSA) is 29.5 Å². The number of ether oxygens (including phenoxy) is 1. The van der Waals surface area contributed by atoms with Crippen LogP contribution in [0.4, 0.5) is 13.2 Å². The Morgan fingerprint density at radius 3 is 2.81 bits per heavy atom. The van der Waals surface area contributed by atoms with E-state index in [9.17, 15) is 18.0 Å². The zero-order chi connectivity index (χ0) is 15.5. The first-order chi connectivity index (χ1) is 9.89. The maximum atomic E-state index is 12.5. The summed E-state index contributed by atoms with van der Waals surface area (Å²) in [5.74, 6) is 0.467. The minimum absolute atomic E-state index is 0.215. The molecule has 1 aliphatic rings. The van der Waals surface area contributed by atoms with Crippen molar-refractivity contribution in [3.05, 3.63) is 29.3 Å². The van der Waals surface area contributed by atoms with Gasteiger partial charge in [0.15, 0.2) is 5.78 Å². The van der Waals surface area contributed by atoms with E-state index >= 15 is 0 Å². The molecule has 116 valence electrons. The van der Waals surface area contributed by atoms with E-state index in [1.165, 1.54) is 0 Å². The molecule has 0 bridgehead atoms. The van der Waals surface area contributed by atoms with E-state index in [4.69, 9.17) is 4.74 Å². The maximum Gasteiger partial charge on any atom is 0.401 e. The van der Waals surface area contributed by atoms with Crippen molar-refractivity contribution in [2.75, 3.05) is 26.2 Å². The summed E-state index contributed by atoms with van der Waals surface area (Å²) >= 11 is 0. The molecule has 21 heavy (non-hydrogen) atoms. The van der Waals surface area contributed by atoms with Gasteiger partial charge in [0.05, 0.1) is 19.7 Å². The van der Waals surface area contributed by atoms with Crippen molar-refractivity contribution in [2.24, 2.45) is 0 Å². The zero-order valence-electron chi connectivity index (χ0n) is 11.9. The number of ketones is 1. The first-order valence-electron chi connectivity index (χ1n) is 6.97. The van der Waals surface area contributed by atoms with Gasteiger partial charge in [-0.2, -0.15) is 13.2 Å². The predicted octanol–water partition coefficient (Wildman–Crippen LogP) is 3.08. The van der Waals surface area contributed by atoms with E-state index in [1.54, 1.807) is 25.1 Å². The molecule has 0 unspecified atom stereocenters. The smallest absolute Gasteiger partial charge is 0.401 e. The second-order valence-electron chi connectivity index (χ2n) is 5.17. The van der Waals surface area contributed by atoms with E-state index in [-0.39, 0.29) is 18.9 Å². The lowest BCUT2D eigenvalue weighted by Crippen LogP contribution is -2.38. The molecule has 0 spiro atoms. The molecule has 1 aromatic carbocycles. The van der Waals surface area contributed by atoms with Crippen LogP contribution in [0, 0.1) is 0 Å². The van der Waals surface area contributed by atoms with Crippen molar-refractivity contribution in [1.82, 2.24) is 4.90 Å². The van der Waals surface area contributed by atoms with Gasteiger partial charge in [0.2, 0.25) is 0 Å². The Morgan fingerprint density at radius 1 is 1.38 bits per heavy atom. The third kappa shape index (κ3) is 4.46. The lowest BCUT2D eigenvalue weighted by molar-refractivity contribution is -0.144. The number of alkyl halides is 3. The second kappa shape index (κ2) is 6.47. The quantitative estimate of drug-likeness (QED) is 0.756. The lowest BCUT2D eigenvalue weighted by atomic mass is 10.1. The molecule has 3 nitrogen and oxygen atoms in total. The number of fused-ring (bicyclic) bond motifs is 1. The third-order valence-electron chi connectivity index (χ3n) is 3.32.